The molecule has 23 heavy (non-hydrogen) atoms. The second-order valence-electron chi connectivity index (χ2n) is 6.31. The highest BCUT2D eigenvalue weighted by molar-refractivity contribution is 5.85. The molecule has 0 radical (unpaired) electrons. The van der Waals surface area contributed by atoms with E-state index in [0.29, 0.717) is 12.0 Å². The number of fused-ring (bicyclic) bond motifs is 3. The zero-order chi connectivity index (χ0) is 14.2. The monoisotopic (exact) mass is 350 g/mol. The summed E-state index contributed by atoms with van der Waals surface area (Å²) in [6.45, 7) is 6.65. The number of nitrogens with zero attached hydrogens (tertiary/aromatic N) is 1. The Morgan fingerprint density at radius 3 is 2.39 bits per heavy atom. The molecule has 2 aromatic carbocycles. The smallest absolute Gasteiger partial charge is 0.0476 e. The first-order valence-electron chi connectivity index (χ1n) is 7.93. The van der Waals surface area contributed by atoms with E-state index in [0.717, 1.165) is 26.2 Å². The number of halogens is 2. The minimum absolute atomic E-state index is 0. The first-order chi connectivity index (χ1) is 10.3. The molecule has 2 atom stereocenters. The van der Waals surface area contributed by atoms with Gasteiger partial charge in [0.15, 0.2) is 0 Å². The van der Waals surface area contributed by atoms with E-state index in [2.05, 4.69) is 65.7 Å². The van der Waals surface area contributed by atoms with Gasteiger partial charge in [0.1, 0.15) is 0 Å². The van der Waals surface area contributed by atoms with Crippen LogP contribution in [0.1, 0.15) is 34.2 Å². The lowest BCUT2D eigenvalue weighted by Gasteiger charge is -2.44. The number of piperazine rings is 1. The molecule has 2 aromatic rings. The summed E-state index contributed by atoms with van der Waals surface area (Å²) in [6.07, 6.45) is 0. The van der Waals surface area contributed by atoms with Crippen molar-refractivity contribution in [1.82, 2.24) is 10.2 Å². The van der Waals surface area contributed by atoms with Crippen LogP contribution in [0.3, 0.4) is 0 Å². The van der Waals surface area contributed by atoms with E-state index in [1.54, 1.807) is 0 Å². The Hall–Kier alpha value is -1.06. The molecule has 0 aliphatic carbocycles. The number of nitrogens with one attached hydrogen (secondary N) is 1. The van der Waals surface area contributed by atoms with E-state index < -0.39 is 0 Å². The Morgan fingerprint density at radius 1 is 0.957 bits per heavy atom. The van der Waals surface area contributed by atoms with E-state index in [1.807, 2.05) is 0 Å². The summed E-state index contributed by atoms with van der Waals surface area (Å²) < 4.78 is 0. The Bertz CT molecular complexity index is 642. The molecule has 0 bridgehead atoms. The molecule has 2 heterocycles. The molecule has 4 rings (SSSR count). The van der Waals surface area contributed by atoms with Crippen LogP contribution in [0.4, 0.5) is 0 Å². The fraction of sp³-hybridized carbons (Fsp3) is 0.368. The minimum atomic E-state index is 0. The van der Waals surface area contributed by atoms with Crippen molar-refractivity contribution >= 4 is 24.8 Å². The van der Waals surface area contributed by atoms with Gasteiger partial charge in [0, 0.05) is 38.1 Å². The predicted octanol–water partition coefficient (Wildman–Crippen LogP) is 3.93. The fourth-order valence-corrected chi connectivity index (χ4v) is 3.82. The Kier molecular flexibility index (Phi) is 6.10. The van der Waals surface area contributed by atoms with Crippen molar-refractivity contribution in [1.29, 1.82) is 0 Å². The van der Waals surface area contributed by atoms with Crippen LogP contribution in [0.2, 0.25) is 0 Å². The van der Waals surface area contributed by atoms with Crippen molar-refractivity contribution in [3.8, 4) is 0 Å². The molecule has 0 amide bonds. The Morgan fingerprint density at radius 2 is 1.65 bits per heavy atom. The van der Waals surface area contributed by atoms with Gasteiger partial charge in [0.25, 0.3) is 0 Å². The van der Waals surface area contributed by atoms with Crippen molar-refractivity contribution < 1.29 is 0 Å². The molecule has 1 fully saturated rings. The summed E-state index contributed by atoms with van der Waals surface area (Å²) in [5.74, 6) is 0.510. The lowest BCUT2D eigenvalue weighted by molar-refractivity contribution is 0.143. The van der Waals surface area contributed by atoms with Crippen LogP contribution in [-0.4, -0.2) is 31.1 Å². The average Bonchev–Trinajstić information content (AvgIpc) is 2.55. The molecule has 1 saturated heterocycles. The van der Waals surface area contributed by atoms with Crippen molar-refractivity contribution in [2.45, 2.75) is 18.9 Å². The maximum Gasteiger partial charge on any atom is 0.0476 e. The fourth-order valence-electron chi connectivity index (χ4n) is 3.82. The first-order valence-corrected chi connectivity index (χ1v) is 7.93. The summed E-state index contributed by atoms with van der Waals surface area (Å²) in [4.78, 5) is 2.66. The van der Waals surface area contributed by atoms with Gasteiger partial charge < -0.3 is 5.32 Å². The highest BCUT2D eigenvalue weighted by atomic mass is 35.5. The van der Waals surface area contributed by atoms with Gasteiger partial charge in [-0.25, -0.2) is 0 Å². The van der Waals surface area contributed by atoms with E-state index >= 15 is 0 Å². The zero-order valence-corrected chi connectivity index (χ0v) is 15.0. The normalized spacial score (nSPS) is 23.0. The third kappa shape index (κ3) is 3.41. The van der Waals surface area contributed by atoms with E-state index in [9.17, 15) is 0 Å². The van der Waals surface area contributed by atoms with Gasteiger partial charge in [-0.2, -0.15) is 0 Å². The molecular formula is C19H24Cl2N2. The highest BCUT2D eigenvalue weighted by Crippen LogP contribution is 2.39. The SMILES string of the molecule is Cc1ccc([C@@H]2CN3CCNC[C@H]3c3ccccc32)cc1.Cl.Cl. The molecule has 2 nitrogen and oxygen atoms in total. The molecular weight excluding hydrogens is 327 g/mol. The second-order valence-corrected chi connectivity index (χ2v) is 6.31. The van der Waals surface area contributed by atoms with Crippen molar-refractivity contribution in [2.24, 2.45) is 0 Å². The van der Waals surface area contributed by atoms with Crippen molar-refractivity contribution in [2.75, 3.05) is 26.2 Å². The van der Waals surface area contributed by atoms with Crippen LogP contribution in [-0.2, 0) is 0 Å². The van der Waals surface area contributed by atoms with E-state index in [-0.39, 0.29) is 24.8 Å². The molecule has 2 aliphatic rings. The lowest BCUT2D eigenvalue weighted by Crippen LogP contribution is -2.50. The predicted molar refractivity (Wildman–Crippen MR) is 101 cm³/mol. The van der Waals surface area contributed by atoms with Gasteiger partial charge in [-0.3, -0.25) is 4.90 Å². The van der Waals surface area contributed by atoms with Crippen LogP contribution in [0.15, 0.2) is 48.5 Å². The summed E-state index contributed by atoms with van der Waals surface area (Å²) in [5, 5.41) is 3.55. The van der Waals surface area contributed by atoms with Crippen molar-refractivity contribution in [3.63, 3.8) is 0 Å². The second kappa shape index (κ2) is 7.67. The average molecular weight is 351 g/mol. The highest BCUT2D eigenvalue weighted by Gasteiger charge is 2.34. The van der Waals surface area contributed by atoms with Gasteiger partial charge in [-0.15, -0.1) is 24.8 Å². The summed E-state index contributed by atoms with van der Waals surface area (Å²) in [6, 6.07) is 18.7. The van der Waals surface area contributed by atoms with Crippen LogP contribution in [0.25, 0.3) is 0 Å². The maximum atomic E-state index is 3.55. The van der Waals surface area contributed by atoms with Crippen molar-refractivity contribution in [3.05, 3.63) is 70.8 Å². The number of hydrogen-bond acceptors (Lipinski definition) is 2. The molecule has 0 unspecified atom stereocenters. The van der Waals surface area contributed by atoms with Gasteiger partial charge in [0.05, 0.1) is 0 Å². The number of benzene rings is 2. The first kappa shape index (κ1) is 18.3. The lowest BCUT2D eigenvalue weighted by atomic mass is 9.80. The molecule has 124 valence electrons. The zero-order valence-electron chi connectivity index (χ0n) is 13.4. The maximum absolute atomic E-state index is 3.55. The molecule has 0 aromatic heterocycles. The molecule has 0 spiro atoms. The minimum Gasteiger partial charge on any atom is -0.314 e. The van der Waals surface area contributed by atoms with E-state index in [1.165, 1.54) is 22.3 Å². The van der Waals surface area contributed by atoms with Gasteiger partial charge in [-0.05, 0) is 23.6 Å². The van der Waals surface area contributed by atoms with E-state index in [4.69, 9.17) is 0 Å². The third-order valence-corrected chi connectivity index (χ3v) is 4.98. The quantitative estimate of drug-likeness (QED) is 0.838. The topological polar surface area (TPSA) is 15.3 Å². The summed E-state index contributed by atoms with van der Waals surface area (Å²) in [7, 11) is 0. The Balaban J connectivity index is 0.000000960. The number of aryl methyl sites for hydroxylation is 1. The third-order valence-electron chi connectivity index (χ3n) is 4.98. The summed E-state index contributed by atoms with van der Waals surface area (Å²) in [5.41, 5.74) is 5.82. The largest absolute Gasteiger partial charge is 0.314 e. The number of rotatable bonds is 1. The van der Waals surface area contributed by atoms with Crippen LogP contribution in [0.5, 0.6) is 0 Å². The molecule has 0 saturated carbocycles. The standard InChI is InChI=1S/C19H22N2.2ClH/c1-14-6-8-15(9-7-14)18-13-21-11-10-20-12-19(21)17-5-3-2-4-16(17)18;;/h2-9,18-20H,10-13H2,1H3;2*1H/t18-,19-;;/m0../s1. The molecule has 2 aliphatic heterocycles. The van der Waals surface area contributed by atoms with Gasteiger partial charge in [-0.1, -0.05) is 54.1 Å². The van der Waals surface area contributed by atoms with Crippen LogP contribution in [0, 0.1) is 6.92 Å². The number of hydrogen-bond donors (Lipinski definition) is 1. The molecule has 4 heteroatoms. The van der Waals surface area contributed by atoms with Gasteiger partial charge >= 0.3 is 0 Å². The van der Waals surface area contributed by atoms with Gasteiger partial charge in [0.2, 0.25) is 0 Å². The summed E-state index contributed by atoms with van der Waals surface area (Å²) >= 11 is 0. The van der Waals surface area contributed by atoms with Crippen LogP contribution >= 0.6 is 24.8 Å². The molecule has 1 N–H and O–H groups in total. The Labute approximate surface area is 151 Å². The van der Waals surface area contributed by atoms with Crippen LogP contribution < -0.4 is 5.32 Å².